The summed E-state index contributed by atoms with van der Waals surface area (Å²) in [6.07, 6.45) is 3.25. The van der Waals surface area contributed by atoms with Crippen molar-refractivity contribution in [2.24, 2.45) is 0 Å². The van der Waals surface area contributed by atoms with Crippen molar-refractivity contribution >= 4 is 17.7 Å². The number of aromatic nitrogens is 4. The van der Waals surface area contributed by atoms with Crippen LogP contribution in [0.3, 0.4) is 0 Å². The number of piperidine rings is 1. The van der Waals surface area contributed by atoms with E-state index >= 15 is 0 Å². The molecule has 1 saturated heterocycles. The smallest absolute Gasteiger partial charge is 0.233 e. The first-order valence-corrected chi connectivity index (χ1v) is 9.03. The molecule has 3 rings (SSSR count). The van der Waals surface area contributed by atoms with E-state index in [1.807, 2.05) is 4.90 Å². The highest BCUT2D eigenvalue weighted by atomic mass is 32.2. The van der Waals surface area contributed by atoms with Gasteiger partial charge in [0.15, 0.2) is 0 Å². The minimum atomic E-state index is -0.356. The van der Waals surface area contributed by atoms with Crippen LogP contribution in [-0.4, -0.2) is 48.9 Å². The summed E-state index contributed by atoms with van der Waals surface area (Å²) in [7, 11) is 0. The number of rotatable bonds is 4. The molecule has 1 aromatic heterocycles. The number of tetrazole rings is 1. The largest absolute Gasteiger partial charge is 0.337 e. The molecule has 0 unspecified atom stereocenters. The number of carbonyl (C=O) groups excluding carboxylic acids is 1. The maximum Gasteiger partial charge on any atom is 0.233 e. The van der Waals surface area contributed by atoms with Gasteiger partial charge >= 0.3 is 0 Å². The SMILES string of the molecule is C[C@@H]1CCC[C@@H](C)N1C(=O)CSc1nnnn1-c1cccc(F)c1. The molecule has 0 N–H and O–H groups in total. The number of nitrogens with zero attached hydrogens (tertiary/aromatic N) is 5. The quantitative estimate of drug-likeness (QED) is 0.794. The van der Waals surface area contributed by atoms with Crippen molar-refractivity contribution in [2.75, 3.05) is 5.75 Å². The van der Waals surface area contributed by atoms with Gasteiger partial charge in [-0.05, 0) is 61.7 Å². The zero-order chi connectivity index (χ0) is 17.1. The van der Waals surface area contributed by atoms with Crippen LogP contribution >= 0.6 is 11.8 Å². The van der Waals surface area contributed by atoms with Crippen molar-refractivity contribution in [3.63, 3.8) is 0 Å². The summed E-state index contributed by atoms with van der Waals surface area (Å²) < 4.78 is 14.8. The average Bonchev–Trinajstić information content (AvgIpc) is 3.01. The Balaban J connectivity index is 1.69. The first kappa shape index (κ1) is 16.9. The Kier molecular flexibility index (Phi) is 5.13. The van der Waals surface area contributed by atoms with E-state index in [-0.39, 0.29) is 29.6 Å². The second kappa shape index (κ2) is 7.29. The van der Waals surface area contributed by atoms with E-state index in [2.05, 4.69) is 29.4 Å². The Bertz CT molecular complexity index is 712. The molecule has 8 heteroatoms. The lowest BCUT2D eigenvalue weighted by Crippen LogP contribution is -2.48. The summed E-state index contributed by atoms with van der Waals surface area (Å²) in [6.45, 7) is 4.18. The topological polar surface area (TPSA) is 63.9 Å². The Morgan fingerprint density at radius 2 is 2.08 bits per heavy atom. The molecule has 24 heavy (non-hydrogen) atoms. The third kappa shape index (κ3) is 3.58. The van der Waals surface area contributed by atoms with Gasteiger partial charge in [-0.2, -0.15) is 4.68 Å². The van der Waals surface area contributed by atoms with Gasteiger partial charge in [0.25, 0.3) is 0 Å². The van der Waals surface area contributed by atoms with Gasteiger partial charge < -0.3 is 4.90 Å². The highest BCUT2D eigenvalue weighted by molar-refractivity contribution is 7.99. The molecule has 1 aromatic carbocycles. The number of hydrogen-bond acceptors (Lipinski definition) is 5. The summed E-state index contributed by atoms with van der Waals surface area (Å²) in [5.41, 5.74) is 0.537. The van der Waals surface area contributed by atoms with Crippen LogP contribution in [0.25, 0.3) is 5.69 Å². The van der Waals surface area contributed by atoms with Gasteiger partial charge in [-0.3, -0.25) is 4.79 Å². The third-order valence-electron chi connectivity index (χ3n) is 4.30. The second-order valence-electron chi connectivity index (χ2n) is 6.07. The van der Waals surface area contributed by atoms with Crippen molar-refractivity contribution < 1.29 is 9.18 Å². The molecule has 2 atom stereocenters. The monoisotopic (exact) mass is 349 g/mol. The number of hydrogen-bond donors (Lipinski definition) is 0. The molecule has 1 amide bonds. The van der Waals surface area contributed by atoms with Gasteiger partial charge in [-0.15, -0.1) is 5.10 Å². The highest BCUT2D eigenvalue weighted by Crippen LogP contribution is 2.25. The Hall–Kier alpha value is -1.96. The van der Waals surface area contributed by atoms with E-state index in [9.17, 15) is 9.18 Å². The van der Waals surface area contributed by atoms with Crippen molar-refractivity contribution in [1.82, 2.24) is 25.1 Å². The number of benzene rings is 1. The van der Waals surface area contributed by atoms with Crippen molar-refractivity contribution in [3.8, 4) is 5.69 Å². The first-order valence-electron chi connectivity index (χ1n) is 8.04. The fraction of sp³-hybridized carbons (Fsp3) is 0.500. The number of halogens is 1. The lowest BCUT2D eigenvalue weighted by molar-refractivity contribution is -0.134. The number of carbonyl (C=O) groups is 1. The molecule has 1 aliphatic rings. The number of thioether (sulfide) groups is 1. The fourth-order valence-electron chi connectivity index (χ4n) is 3.15. The van der Waals surface area contributed by atoms with Crippen LogP contribution in [0.1, 0.15) is 33.1 Å². The van der Waals surface area contributed by atoms with E-state index in [1.54, 1.807) is 12.1 Å². The van der Waals surface area contributed by atoms with E-state index < -0.39 is 0 Å². The Labute approximate surface area is 144 Å². The predicted molar refractivity (Wildman–Crippen MR) is 89.5 cm³/mol. The standard InChI is InChI=1S/C16H20FN5OS/c1-11-5-3-6-12(2)21(11)15(23)10-24-16-18-19-20-22(16)14-8-4-7-13(17)9-14/h4,7-9,11-12H,3,5-6,10H2,1-2H3/t11-,12-/m1/s1. The van der Waals surface area contributed by atoms with Crippen molar-refractivity contribution in [2.45, 2.75) is 50.4 Å². The molecule has 2 aromatic rings. The summed E-state index contributed by atoms with van der Waals surface area (Å²) in [5.74, 6) is 0.00386. The minimum Gasteiger partial charge on any atom is -0.337 e. The van der Waals surface area contributed by atoms with E-state index in [1.165, 1.54) is 28.6 Å². The fourth-order valence-corrected chi connectivity index (χ4v) is 3.91. The lowest BCUT2D eigenvalue weighted by atomic mass is 9.98. The highest BCUT2D eigenvalue weighted by Gasteiger charge is 2.29. The third-order valence-corrected chi connectivity index (χ3v) is 5.20. The van der Waals surface area contributed by atoms with Crippen LogP contribution in [0, 0.1) is 5.82 Å². The molecular weight excluding hydrogens is 329 g/mol. The van der Waals surface area contributed by atoms with Gasteiger partial charge in [0.2, 0.25) is 11.1 Å². The maximum absolute atomic E-state index is 13.4. The first-order chi connectivity index (χ1) is 11.6. The second-order valence-corrected chi connectivity index (χ2v) is 7.01. The van der Waals surface area contributed by atoms with E-state index in [4.69, 9.17) is 0 Å². The minimum absolute atomic E-state index is 0.0912. The van der Waals surface area contributed by atoms with Crippen LogP contribution in [0.4, 0.5) is 4.39 Å². The predicted octanol–water partition coefficient (Wildman–Crippen LogP) is 2.68. The molecule has 2 heterocycles. The molecule has 0 saturated carbocycles. The van der Waals surface area contributed by atoms with Gasteiger partial charge in [0, 0.05) is 12.1 Å². The van der Waals surface area contributed by atoms with Crippen LogP contribution in [0.15, 0.2) is 29.4 Å². The number of likely N-dealkylation sites (tertiary alicyclic amines) is 1. The van der Waals surface area contributed by atoms with Gasteiger partial charge in [0.05, 0.1) is 11.4 Å². The van der Waals surface area contributed by atoms with Gasteiger partial charge in [-0.25, -0.2) is 4.39 Å². The molecule has 1 aliphatic heterocycles. The normalized spacial score (nSPS) is 21.0. The van der Waals surface area contributed by atoms with Gasteiger partial charge in [0.1, 0.15) is 5.82 Å². The van der Waals surface area contributed by atoms with Crippen LogP contribution in [-0.2, 0) is 4.79 Å². The molecule has 0 bridgehead atoms. The van der Waals surface area contributed by atoms with Crippen LogP contribution in [0.5, 0.6) is 0 Å². The Morgan fingerprint density at radius 1 is 1.33 bits per heavy atom. The summed E-state index contributed by atoms with van der Waals surface area (Å²) in [4.78, 5) is 14.5. The summed E-state index contributed by atoms with van der Waals surface area (Å²) >= 11 is 1.27. The molecule has 0 spiro atoms. The number of amides is 1. The zero-order valence-corrected chi connectivity index (χ0v) is 14.5. The Morgan fingerprint density at radius 3 is 2.79 bits per heavy atom. The van der Waals surface area contributed by atoms with Crippen LogP contribution in [0.2, 0.25) is 0 Å². The van der Waals surface area contributed by atoms with Crippen molar-refractivity contribution in [1.29, 1.82) is 0 Å². The van der Waals surface area contributed by atoms with E-state index in [0.29, 0.717) is 10.8 Å². The van der Waals surface area contributed by atoms with E-state index in [0.717, 1.165) is 19.3 Å². The summed E-state index contributed by atoms with van der Waals surface area (Å²) in [5, 5.41) is 12.0. The van der Waals surface area contributed by atoms with Crippen LogP contribution < -0.4 is 0 Å². The maximum atomic E-state index is 13.4. The molecule has 1 fully saturated rings. The van der Waals surface area contributed by atoms with Crippen molar-refractivity contribution in [3.05, 3.63) is 30.1 Å². The average molecular weight is 349 g/mol. The molecule has 6 nitrogen and oxygen atoms in total. The summed E-state index contributed by atoms with van der Waals surface area (Å²) in [6, 6.07) is 6.57. The van der Waals surface area contributed by atoms with Gasteiger partial charge in [-0.1, -0.05) is 17.8 Å². The zero-order valence-electron chi connectivity index (χ0n) is 13.7. The molecular formula is C16H20FN5OS. The molecule has 128 valence electrons. The molecule has 0 radical (unpaired) electrons. The lowest BCUT2D eigenvalue weighted by Gasteiger charge is -2.39. The molecule has 0 aliphatic carbocycles.